The molecule has 3 rings (SSSR count). The molecule has 19 heavy (non-hydrogen) atoms. The Kier molecular flexibility index (Phi) is 2.45. The molecule has 2 heterocycles. The molecule has 5 N–H and O–H groups in total. The van der Waals surface area contributed by atoms with E-state index in [1.807, 2.05) is 30.3 Å². The molecule has 0 atom stereocenters. The highest BCUT2D eigenvalue weighted by atomic mass is 16.1. The lowest BCUT2D eigenvalue weighted by molar-refractivity contribution is 0.928. The van der Waals surface area contributed by atoms with Gasteiger partial charge in [-0.25, -0.2) is 4.98 Å². The largest absolute Gasteiger partial charge is 0.368 e. The van der Waals surface area contributed by atoms with E-state index in [0.717, 1.165) is 10.2 Å². The Balaban J connectivity index is 2.08. The minimum absolute atomic E-state index is 0.0487. The zero-order valence-electron chi connectivity index (χ0n) is 10.00. The van der Waals surface area contributed by atoms with Gasteiger partial charge in [0.1, 0.15) is 5.82 Å². The maximum atomic E-state index is 11.9. The number of anilines is 1. The van der Waals surface area contributed by atoms with Crippen molar-refractivity contribution in [3.63, 3.8) is 0 Å². The van der Waals surface area contributed by atoms with Gasteiger partial charge < -0.3 is 16.6 Å². The molecule has 0 fully saturated rings. The summed E-state index contributed by atoms with van der Waals surface area (Å²) < 4.78 is 0.787. The van der Waals surface area contributed by atoms with Crippen molar-refractivity contribution in [2.45, 2.75) is 6.42 Å². The van der Waals surface area contributed by atoms with E-state index < -0.39 is 5.56 Å². The number of rotatable bonds is 2. The van der Waals surface area contributed by atoms with E-state index in [1.54, 1.807) is 0 Å². The van der Waals surface area contributed by atoms with E-state index in [1.165, 1.54) is 0 Å². The minimum atomic E-state index is -0.460. The lowest BCUT2D eigenvalue weighted by Gasteiger charge is -1.99. The number of aromatic amines is 1. The van der Waals surface area contributed by atoms with Crippen molar-refractivity contribution in [2.24, 2.45) is 0 Å². The molecule has 0 amide bonds. The van der Waals surface area contributed by atoms with Gasteiger partial charge in [-0.1, -0.05) is 30.3 Å². The van der Waals surface area contributed by atoms with Crippen molar-refractivity contribution >= 4 is 17.1 Å². The van der Waals surface area contributed by atoms with Gasteiger partial charge in [-0.3, -0.25) is 4.79 Å². The predicted molar refractivity (Wildman–Crippen MR) is 72.0 cm³/mol. The summed E-state index contributed by atoms with van der Waals surface area (Å²) in [5.41, 5.74) is 6.71. The van der Waals surface area contributed by atoms with Crippen LogP contribution >= 0.6 is 0 Å². The molecule has 0 aliphatic carbocycles. The fourth-order valence-electron chi connectivity index (χ4n) is 1.90. The SMILES string of the molecule is Nc1nc2[nH]c(Cc3ccccc3)nc2c(=O)n1N. The lowest BCUT2D eigenvalue weighted by atomic mass is 10.1. The quantitative estimate of drug-likeness (QED) is 0.558. The van der Waals surface area contributed by atoms with Crippen molar-refractivity contribution < 1.29 is 0 Å². The second kappa shape index (κ2) is 4.13. The van der Waals surface area contributed by atoms with E-state index in [9.17, 15) is 4.79 Å². The molecule has 7 nitrogen and oxygen atoms in total. The summed E-state index contributed by atoms with van der Waals surface area (Å²) in [6.45, 7) is 0. The van der Waals surface area contributed by atoms with E-state index in [0.29, 0.717) is 17.9 Å². The molecule has 1 aromatic carbocycles. The molecular weight excluding hydrogens is 244 g/mol. The van der Waals surface area contributed by atoms with Crippen LogP contribution in [0.15, 0.2) is 35.1 Å². The second-order valence-corrected chi connectivity index (χ2v) is 4.19. The number of imidazole rings is 1. The third-order valence-corrected chi connectivity index (χ3v) is 2.84. The second-order valence-electron chi connectivity index (χ2n) is 4.19. The van der Waals surface area contributed by atoms with E-state index >= 15 is 0 Å². The molecule has 0 spiro atoms. The first kappa shape index (κ1) is 11.3. The maximum Gasteiger partial charge on any atom is 0.301 e. The number of fused-ring (bicyclic) bond motifs is 1. The van der Waals surface area contributed by atoms with Gasteiger partial charge in [-0.05, 0) is 5.56 Å². The summed E-state index contributed by atoms with van der Waals surface area (Å²) in [7, 11) is 0. The molecule has 0 unspecified atom stereocenters. The molecule has 0 aliphatic rings. The highest BCUT2D eigenvalue weighted by molar-refractivity contribution is 5.70. The Hall–Kier alpha value is -2.83. The van der Waals surface area contributed by atoms with Crippen molar-refractivity contribution in [1.29, 1.82) is 0 Å². The number of H-pyrrole nitrogens is 1. The van der Waals surface area contributed by atoms with Gasteiger partial charge in [0.2, 0.25) is 5.95 Å². The molecule has 0 saturated carbocycles. The van der Waals surface area contributed by atoms with Crippen LogP contribution in [0.25, 0.3) is 11.2 Å². The Labute approximate surface area is 107 Å². The van der Waals surface area contributed by atoms with E-state index in [2.05, 4.69) is 15.0 Å². The van der Waals surface area contributed by atoms with Gasteiger partial charge in [-0.15, -0.1) is 0 Å². The molecule has 3 aromatic rings. The molecule has 0 saturated heterocycles. The third-order valence-electron chi connectivity index (χ3n) is 2.84. The Morgan fingerprint density at radius 3 is 2.68 bits per heavy atom. The van der Waals surface area contributed by atoms with Gasteiger partial charge in [0, 0.05) is 6.42 Å². The number of nitrogens with zero attached hydrogens (tertiary/aromatic N) is 3. The number of benzene rings is 1. The van der Waals surface area contributed by atoms with Crippen LogP contribution in [0.1, 0.15) is 11.4 Å². The van der Waals surface area contributed by atoms with Crippen LogP contribution < -0.4 is 17.1 Å². The Bertz CT molecular complexity index is 789. The van der Waals surface area contributed by atoms with Crippen LogP contribution in [0.3, 0.4) is 0 Å². The summed E-state index contributed by atoms with van der Waals surface area (Å²) in [5, 5.41) is 0. The fraction of sp³-hybridized carbons (Fsp3) is 0.0833. The topological polar surface area (TPSA) is 116 Å². The zero-order valence-corrected chi connectivity index (χ0v) is 10.00. The van der Waals surface area contributed by atoms with Gasteiger partial charge in [0.05, 0.1) is 0 Å². The normalized spacial score (nSPS) is 10.9. The minimum Gasteiger partial charge on any atom is -0.368 e. The smallest absolute Gasteiger partial charge is 0.301 e. The molecular formula is C12H12N6O. The lowest BCUT2D eigenvalue weighted by Crippen LogP contribution is -2.30. The average Bonchev–Trinajstić information content (AvgIpc) is 2.80. The number of nitrogen functional groups attached to an aromatic ring is 2. The molecule has 0 bridgehead atoms. The summed E-state index contributed by atoms with van der Waals surface area (Å²) >= 11 is 0. The maximum absolute atomic E-state index is 11.9. The first-order valence-corrected chi connectivity index (χ1v) is 5.71. The Morgan fingerprint density at radius 1 is 1.21 bits per heavy atom. The van der Waals surface area contributed by atoms with E-state index in [-0.39, 0.29) is 11.5 Å². The fourth-order valence-corrected chi connectivity index (χ4v) is 1.90. The molecule has 2 aromatic heterocycles. The summed E-state index contributed by atoms with van der Waals surface area (Å²) in [6, 6.07) is 9.80. The molecule has 0 radical (unpaired) electrons. The van der Waals surface area contributed by atoms with Crippen molar-refractivity contribution in [3.05, 3.63) is 52.1 Å². The zero-order chi connectivity index (χ0) is 13.4. The predicted octanol–water partition coefficient (Wildman–Crippen LogP) is 0.00640. The van der Waals surface area contributed by atoms with Crippen LogP contribution in [0.2, 0.25) is 0 Å². The number of nitrogens with two attached hydrogens (primary N) is 2. The first-order chi connectivity index (χ1) is 9.15. The standard InChI is InChI=1S/C12H12N6O/c13-12-17-10-9(11(19)18(12)14)15-8(16-10)6-7-4-2-1-3-5-7/h1-5H,6,14H2,(H2,13,17)(H,15,16). The monoisotopic (exact) mass is 256 g/mol. The number of hydrogen-bond donors (Lipinski definition) is 3. The summed E-state index contributed by atoms with van der Waals surface area (Å²) in [5.74, 6) is 6.07. The summed E-state index contributed by atoms with van der Waals surface area (Å²) in [6.07, 6.45) is 0.584. The van der Waals surface area contributed by atoms with Crippen LogP contribution in [-0.4, -0.2) is 19.6 Å². The molecule has 0 aliphatic heterocycles. The van der Waals surface area contributed by atoms with Crippen LogP contribution in [-0.2, 0) is 6.42 Å². The van der Waals surface area contributed by atoms with Crippen LogP contribution in [0.5, 0.6) is 0 Å². The summed E-state index contributed by atoms with van der Waals surface area (Å²) in [4.78, 5) is 23.1. The molecule has 96 valence electrons. The average molecular weight is 256 g/mol. The van der Waals surface area contributed by atoms with Gasteiger partial charge in [0.15, 0.2) is 11.2 Å². The number of hydrogen-bond acceptors (Lipinski definition) is 5. The Morgan fingerprint density at radius 2 is 1.95 bits per heavy atom. The third kappa shape index (κ3) is 1.90. The van der Waals surface area contributed by atoms with Gasteiger partial charge in [-0.2, -0.15) is 9.66 Å². The van der Waals surface area contributed by atoms with Crippen molar-refractivity contribution in [1.82, 2.24) is 19.6 Å². The van der Waals surface area contributed by atoms with E-state index in [4.69, 9.17) is 11.6 Å². The number of aromatic nitrogens is 4. The number of nitrogens with one attached hydrogen (secondary N) is 1. The first-order valence-electron chi connectivity index (χ1n) is 5.71. The van der Waals surface area contributed by atoms with Gasteiger partial charge >= 0.3 is 5.56 Å². The van der Waals surface area contributed by atoms with Crippen LogP contribution in [0, 0.1) is 0 Å². The van der Waals surface area contributed by atoms with Crippen LogP contribution in [0.4, 0.5) is 5.95 Å². The van der Waals surface area contributed by atoms with Crippen molar-refractivity contribution in [3.8, 4) is 0 Å². The van der Waals surface area contributed by atoms with Crippen molar-refractivity contribution in [2.75, 3.05) is 11.6 Å². The highest BCUT2D eigenvalue weighted by Gasteiger charge is 2.11. The van der Waals surface area contributed by atoms with Gasteiger partial charge in [0.25, 0.3) is 0 Å². The highest BCUT2D eigenvalue weighted by Crippen LogP contribution is 2.10. The molecule has 7 heteroatoms.